The van der Waals surface area contributed by atoms with Crippen molar-refractivity contribution >= 4 is 23.3 Å². The van der Waals surface area contributed by atoms with E-state index in [-0.39, 0.29) is 12.3 Å². The molecule has 0 aliphatic heterocycles. The average Bonchev–Trinajstić information content (AvgIpc) is 2.47. The van der Waals surface area contributed by atoms with Crippen LogP contribution >= 0.6 is 11.6 Å². The smallest absolute Gasteiger partial charge is 0.230 e. The second-order valence-electron chi connectivity index (χ2n) is 4.26. The Labute approximate surface area is 127 Å². The van der Waals surface area contributed by atoms with Gasteiger partial charge < -0.3 is 14.8 Å². The van der Waals surface area contributed by atoms with Gasteiger partial charge in [0.15, 0.2) is 0 Å². The summed E-state index contributed by atoms with van der Waals surface area (Å²) in [6.07, 6.45) is 1.70. The number of amides is 1. The maximum Gasteiger partial charge on any atom is 0.230 e. The fourth-order valence-electron chi connectivity index (χ4n) is 1.83. The Hall–Kier alpha value is -2.27. The summed E-state index contributed by atoms with van der Waals surface area (Å²) in [5, 5.41) is 3.21. The van der Waals surface area contributed by atoms with E-state index in [1.165, 1.54) is 6.20 Å². The number of hydrogen-bond donors (Lipinski definition) is 1. The van der Waals surface area contributed by atoms with E-state index >= 15 is 0 Å². The normalized spacial score (nSPS) is 10.0. The molecule has 0 aliphatic rings. The van der Waals surface area contributed by atoms with Crippen molar-refractivity contribution in [3.63, 3.8) is 0 Å². The minimum atomic E-state index is -0.201. The standard InChI is InChI=1S/C15H15ClN2O3/c1-20-12-4-3-10(13(9-12)21-2)7-15(19)18-14-8-11(16)5-6-17-14/h3-6,8-9H,7H2,1-2H3,(H,17,18,19). The molecular formula is C15H15ClN2O3. The lowest BCUT2D eigenvalue weighted by Crippen LogP contribution is -2.15. The van der Waals surface area contributed by atoms with Gasteiger partial charge in [-0.1, -0.05) is 17.7 Å². The molecule has 6 heteroatoms. The van der Waals surface area contributed by atoms with Gasteiger partial charge in [-0.15, -0.1) is 0 Å². The number of aromatic nitrogens is 1. The highest BCUT2D eigenvalue weighted by Gasteiger charge is 2.11. The summed E-state index contributed by atoms with van der Waals surface area (Å²) in [6, 6.07) is 8.54. The van der Waals surface area contributed by atoms with E-state index in [1.54, 1.807) is 44.6 Å². The van der Waals surface area contributed by atoms with Crippen molar-refractivity contribution in [3.05, 3.63) is 47.1 Å². The van der Waals surface area contributed by atoms with Crippen LogP contribution in [0.4, 0.5) is 5.82 Å². The molecular weight excluding hydrogens is 292 g/mol. The molecule has 21 heavy (non-hydrogen) atoms. The SMILES string of the molecule is COc1ccc(CC(=O)Nc2cc(Cl)ccn2)c(OC)c1. The molecule has 5 nitrogen and oxygen atoms in total. The predicted molar refractivity (Wildman–Crippen MR) is 81.1 cm³/mol. The Morgan fingerprint density at radius 2 is 2.05 bits per heavy atom. The zero-order valence-electron chi connectivity index (χ0n) is 11.7. The molecule has 110 valence electrons. The highest BCUT2D eigenvalue weighted by molar-refractivity contribution is 6.30. The Morgan fingerprint density at radius 3 is 2.71 bits per heavy atom. The van der Waals surface area contributed by atoms with Crippen LogP contribution in [0.2, 0.25) is 5.02 Å². The minimum absolute atomic E-state index is 0.168. The molecule has 1 aromatic carbocycles. The van der Waals surface area contributed by atoms with Crippen LogP contribution in [0.3, 0.4) is 0 Å². The number of methoxy groups -OCH3 is 2. The second kappa shape index (κ2) is 6.95. The molecule has 1 aromatic heterocycles. The molecule has 1 N–H and O–H groups in total. The molecule has 1 heterocycles. The zero-order chi connectivity index (χ0) is 15.2. The summed E-state index contributed by atoms with van der Waals surface area (Å²) >= 11 is 5.84. The van der Waals surface area contributed by atoms with E-state index in [4.69, 9.17) is 21.1 Å². The van der Waals surface area contributed by atoms with Crippen molar-refractivity contribution in [2.24, 2.45) is 0 Å². The summed E-state index contributed by atoms with van der Waals surface area (Å²) in [7, 11) is 3.13. The van der Waals surface area contributed by atoms with Crippen molar-refractivity contribution in [1.29, 1.82) is 0 Å². The van der Waals surface area contributed by atoms with Crippen LogP contribution in [0.1, 0.15) is 5.56 Å². The van der Waals surface area contributed by atoms with Gasteiger partial charge in [0.1, 0.15) is 17.3 Å². The Kier molecular flexibility index (Phi) is 5.00. The topological polar surface area (TPSA) is 60.5 Å². The quantitative estimate of drug-likeness (QED) is 0.922. The fourth-order valence-corrected chi connectivity index (χ4v) is 1.99. The molecule has 0 radical (unpaired) electrons. The van der Waals surface area contributed by atoms with Crippen molar-refractivity contribution in [3.8, 4) is 11.5 Å². The number of ether oxygens (including phenoxy) is 2. The van der Waals surface area contributed by atoms with Gasteiger partial charge in [-0.3, -0.25) is 4.79 Å². The van der Waals surface area contributed by atoms with Gasteiger partial charge in [-0.05, 0) is 18.2 Å². The maximum absolute atomic E-state index is 12.0. The Morgan fingerprint density at radius 1 is 1.24 bits per heavy atom. The highest BCUT2D eigenvalue weighted by atomic mass is 35.5. The lowest BCUT2D eigenvalue weighted by Gasteiger charge is -2.10. The molecule has 0 saturated heterocycles. The lowest BCUT2D eigenvalue weighted by molar-refractivity contribution is -0.115. The van der Waals surface area contributed by atoms with E-state index in [9.17, 15) is 4.79 Å². The third-order valence-electron chi connectivity index (χ3n) is 2.83. The highest BCUT2D eigenvalue weighted by Crippen LogP contribution is 2.25. The van der Waals surface area contributed by atoms with Gasteiger partial charge in [0, 0.05) is 22.8 Å². The number of pyridine rings is 1. The molecule has 0 spiro atoms. The number of benzene rings is 1. The van der Waals surface area contributed by atoms with Gasteiger partial charge in [-0.25, -0.2) is 4.98 Å². The summed E-state index contributed by atoms with van der Waals surface area (Å²) in [6.45, 7) is 0. The van der Waals surface area contributed by atoms with Crippen LogP contribution in [0.25, 0.3) is 0 Å². The van der Waals surface area contributed by atoms with Crippen LogP contribution in [0.5, 0.6) is 11.5 Å². The maximum atomic E-state index is 12.0. The molecule has 0 atom stereocenters. The summed E-state index contributed by atoms with van der Waals surface area (Å²) in [4.78, 5) is 16.1. The number of hydrogen-bond acceptors (Lipinski definition) is 4. The fraction of sp³-hybridized carbons (Fsp3) is 0.200. The first-order valence-corrected chi connectivity index (χ1v) is 6.62. The first-order chi connectivity index (χ1) is 10.1. The van der Waals surface area contributed by atoms with E-state index < -0.39 is 0 Å². The Balaban J connectivity index is 2.09. The lowest BCUT2D eigenvalue weighted by atomic mass is 10.1. The summed E-state index contributed by atoms with van der Waals surface area (Å²) in [5.41, 5.74) is 0.762. The van der Waals surface area contributed by atoms with E-state index in [1.807, 2.05) is 0 Å². The van der Waals surface area contributed by atoms with E-state index in [0.29, 0.717) is 22.3 Å². The third kappa shape index (κ3) is 4.10. The molecule has 2 rings (SSSR count). The van der Waals surface area contributed by atoms with Gasteiger partial charge in [0.05, 0.1) is 20.6 Å². The molecule has 1 amide bonds. The third-order valence-corrected chi connectivity index (χ3v) is 3.07. The molecule has 2 aromatic rings. The van der Waals surface area contributed by atoms with Crippen LogP contribution in [0, 0.1) is 0 Å². The summed E-state index contributed by atoms with van der Waals surface area (Å²) < 4.78 is 10.4. The first kappa shape index (κ1) is 15.1. The molecule has 0 bridgehead atoms. The van der Waals surface area contributed by atoms with Crippen molar-refractivity contribution < 1.29 is 14.3 Å². The summed E-state index contributed by atoms with van der Waals surface area (Å²) in [5.74, 6) is 1.49. The van der Waals surface area contributed by atoms with Crippen LogP contribution in [-0.4, -0.2) is 25.1 Å². The van der Waals surface area contributed by atoms with Gasteiger partial charge in [0.2, 0.25) is 5.91 Å². The number of anilines is 1. The van der Waals surface area contributed by atoms with Crippen LogP contribution < -0.4 is 14.8 Å². The number of rotatable bonds is 5. The number of nitrogens with zero attached hydrogens (tertiary/aromatic N) is 1. The van der Waals surface area contributed by atoms with Gasteiger partial charge in [-0.2, -0.15) is 0 Å². The van der Waals surface area contributed by atoms with Crippen molar-refractivity contribution in [2.75, 3.05) is 19.5 Å². The van der Waals surface area contributed by atoms with E-state index in [2.05, 4.69) is 10.3 Å². The average molecular weight is 307 g/mol. The van der Waals surface area contributed by atoms with Crippen LogP contribution in [0.15, 0.2) is 36.5 Å². The number of nitrogens with one attached hydrogen (secondary N) is 1. The van der Waals surface area contributed by atoms with Crippen molar-refractivity contribution in [1.82, 2.24) is 4.98 Å². The monoisotopic (exact) mass is 306 g/mol. The predicted octanol–water partition coefficient (Wildman–Crippen LogP) is 2.93. The second-order valence-corrected chi connectivity index (χ2v) is 4.70. The minimum Gasteiger partial charge on any atom is -0.497 e. The zero-order valence-corrected chi connectivity index (χ0v) is 12.5. The van der Waals surface area contributed by atoms with Crippen molar-refractivity contribution in [2.45, 2.75) is 6.42 Å². The van der Waals surface area contributed by atoms with Crippen LogP contribution in [-0.2, 0) is 11.2 Å². The number of carbonyl (C=O) groups is 1. The first-order valence-electron chi connectivity index (χ1n) is 6.24. The van der Waals surface area contributed by atoms with Gasteiger partial charge in [0.25, 0.3) is 0 Å². The molecule has 0 unspecified atom stereocenters. The van der Waals surface area contributed by atoms with E-state index in [0.717, 1.165) is 5.56 Å². The van der Waals surface area contributed by atoms with Gasteiger partial charge >= 0.3 is 0 Å². The number of carbonyl (C=O) groups excluding carboxylic acids is 1. The largest absolute Gasteiger partial charge is 0.497 e. The molecule has 0 fully saturated rings. The Bertz CT molecular complexity index is 647. The molecule has 0 aliphatic carbocycles. The number of halogens is 1. The molecule has 0 saturated carbocycles.